The molecule has 4 rings (SSSR count). The Morgan fingerprint density at radius 3 is 2.76 bits per heavy atom. The van der Waals surface area contributed by atoms with Crippen LogP contribution in [0.2, 0.25) is 0 Å². The van der Waals surface area contributed by atoms with E-state index < -0.39 is 6.10 Å². The van der Waals surface area contributed by atoms with Crippen molar-refractivity contribution in [3.63, 3.8) is 0 Å². The molecule has 3 heterocycles. The lowest BCUT2D eigenvalue weighted by Gasteiger charge is -2.35. The molecule has 0 bridgehead atoms. The van der Waals surface area contributed by atoms with Crippen LogP contribution >= 0.6 is 0 Å². The lowest BCUT2D eigenvalue weighted by Crippen LogP contribution is -2.51. The van der Waals surface area contributed by atoms with Crippen molar-refractivity contribution in [1.29, 1.82) is 0 Å². The number of hydrogen-bond acceptors (Lipinski definition) is 7. The Morgan fingerprint density at radius 1 is 1.15 bits per heavy atom. The van der Waals surface area contributed by atoms with Gasteiger partial charge in [0.05, 0.1) is 33.1 Å². The highest BCUT2D eigenvalue weighted by Crippen LogP contribution is 2.31. The molecule has 0 saturated carbocycles. The lowest BCUT2D eigenvalue weighted by molar-refractivity contribution is -0.151. The molecule has 34 heavy (non-hydrogen) atoms. The minimum atomic E-state index is -0.494. The number of benzene rings is 1. The summed E-state index contributed by atoms with van der Waals surface area (Å²) in [6.07, 6.45) is 3.90. The van der Waals surface area contributed by atoms with Crippen LogP contribution < -0.4 is 14.2 Å². The number of aromatic nitrogens is 1. The summed E-state index contributed by atoms with van der Waals surface area (Å²) in [6, 6.07) is 7.92. The van der Waals surface area contributed by atoms with Crippen molar-refractivity contribution in [2.75, 3.05) is 46.6 Å². The molecule has 1 aromatic carbocycles. The molecule has 0 N–H and O–H groups in total. The first-order valence-corrected chi connectivity index (χ1v) is 12.0. The Labute approximate surface area is 201 Å². The smallest absolute Gasteiger partial charge is 0.253 e. The van der Waals surface area contributed by atoms with E-state index in [1.807, 2.05) is 35.4 Å². The van der Waals surface area contributed by atoms with Crippen LogP contribution in [0.5, 0.6) is 17.2 Å². The van der Waals surface area contributed by atoms with E-state index in [-0.39, 0.29) is 5.91 Å². The third-order valence-electron chi connectivity index (χ3n) is 5.92. The van der Waals surface area contributed by atoms with Gasteiger partial charge >= 0.3 is 0 Å². The summed E-state index contributed by atoms with van der Waals surface area (Å²) in [6.45, 7) is 9.25. The molecule has 8 nitrogen and oxygen atoms in total. The highest BCUT2D eigenvalue weighted by molar-refractivity contribution is 5.81. The summed E-state index contributed by atoms with van der Waals surface area (Å²) in [5.74, 6) is 2.61. The quantitative estimate of drug-likeness (QED) is 0.588. The van der Waals surface area contributed by atoms with Gasteiger partial charge in [-0.05, 0) is 35.2 Å². The van der Waals surface area contributed by atoms with Crippen LogP contribution in [0, 0.1) is 5.92 Å². The predicted molar refractivity (Wildman–Crippen MR) is 128 cm³/mol. The van der Waals surface area contributed by atoms with E-state index in [0.29, 0.717) is 51.9 Å². The van der Waals surface area contributed by atoms with Crippen molar-refractivity contribution in [3.05, 3.63) is 47.8 Å². The van der Waals surface area contributed by atoms with Gasteiger partial charge in [-0.1, -0.05) is 19.9 Å². The molecule has 2 aliphatic rings. The average molecular weight is 470 g/mol. The zero-order valence-electron chi connectivity index (χ0n) is 20.4. The number of carbonyl (C=O) groups excluding carboxylic acids is 1. The first kappa shape index (κ1) is 24.3. The number of nitrogens with zero attached hydrogens (tertiary/aromatic N) is 3. The topological polar surface area (TPSA) is 73.4 Å². The van der Waals surface area contributed by atoms with Gasteiger partial charge in [0.25, 0.3) is 5.91 Å². The van der Waals surface area contributed by atoms with E-state index in [4.69, 9.17) is 18.9 Å². The highest BCUT2D eigenvalue weighted by atomic mass is 16.5. The van der Waals surface area contributed by atoms with Crippen molar-refractivity contribution < 1.29 is 23.7 Å². The molecule has 2 aromatic rings. The monoisotopic (exact) mass is 469 g/mol. The summed E-state index contributed by atoms with van der Waals surface area (Å²) in [4.78, 5) is 22.0. The van der Waals surface area contributed by atoms with Crippen LogP contribution in [0.4, 0.5) is 0 Å². The fraction of sp³-hybridized carbons (Fsp3) is 0.538. The van der Waals surface area contributed by atoms with Crippen LogP contribution in [0.3, 0.4) is 0 Å². The minimum absolute atomic E-state index is 0.0225. The number of hydrogen-bond donors (Lipinski definition) is 0. The summed E-state index contributed by atoms with van der Waals surface area (Å²) >= 11 is 0. The molecular formula is C26H35N3O5. The summed E-state index contributed by atoms with van der Waals surface area (Å²) in [5, 5.41) is 0. The summed E-state index contributed by atoms with van der Waals surface area (Å²) in [5.41, 5.74) is 2.08. The molecule has 1 saturated heterocycles. The van der Waals surface area contributed by atoms with Gasteiger partial charge in [-0.15, -0.1) is 0 Å². The molecule has 2 aliphatic heterocycles. The second-order valence-electron chi connectivity index (χ2n) is 9.27. The summed E-state index contributed by atoms with van der Waals surface area (Å²) < 4.78 is 22.8. The molecule has 1 amide bonds. The molecule has 8 heteroatoms. The number of rotatable bonds is 8. The average Bonchev–Trinajstić information content (AvgIpc) is 3.08. The Kier molecular flexibility index (Phi) is 8.24. The first-order chi connectivity index (χ1) is 16.5. The maximum Gasteiger partial charge on any atom is 0.253 e. The maximum atomic E-state index is 13.6. The minimum Gasteiger partial charge on any atom is -0.495 e. The van der Waals surface area contributed by atoms with Gasteiger partial charge in [0.1, 0.15) is 11.9 Å². The number of ether oxygens (including phenoxy) is 4. The maximum absolute atomic E-state index is 13.6. The van der Waals surface area contributed by atoms with Crippen LogP contribution in [0.25, 0.3) is 0 Å². The van der Waals surface area contributed by atoms with E-state index in [1.165, 1.54) is 0 Å². The molecule has 0 spiro atoms. The molecule has 1 atom stereocenters. The SMILES string of the molecule is COc1cncc(CN2CCO[C@@H](C(=O)N(Cc3ccc4c(c3)OCCCO4)CC(C)C)C2)c1. The van der Waals surface area contributed by atoms with E-state index in [9.17, 15) is 4.79 Å². The Balaban J connectivity index is 1.43. The largest absolute Gasteiger partial charge is 0.495 e. The molecule has 0 radical (unpaired) electrons. The van der Waals surface area contributed by atoms with Crippen molar-refractivity contribution in [2.24, 2.45) is 5.92 Å². The normalized spacial score (nSPS) is 18.4. The van der Waals surface area contributed by atoms with Crippen molar-refractivity contribution in [1.82, 2.24) is 14.8 Å². The third-order valence-corrected chi connectivity index (χ3v) is 5.92. The highest BCUT2D eigenvalue weighted by Gasteiger charge is 2.31. The molecule has 1 aromatic heterocycles. The standard InChI is InChI=1S/C26H35N3O5/c1-19(2)15-29(17-20-5-6-23-24(12-20)33-9-4-8-32-23)26(30)25-18-28(7-10-34-25)16-21-11-22(31-3)14-27-13-21/h5-6,11-14,19,25H,4,7-10,15-18H2,1-3H3/t25-/m1/s1. The van der Waals surface area contributed by atoms with Crippen LogP contribution in [0.1, 0.15) is 31.4 Å². The zero-order valence-corrected chi connectivity index (χ0v) is 20.4. The Hall–Kier alpha value is -2.84. The third kappa shape index (κ3) is 6.39. The van der Waals surface area contributed by atoms with Crippen molar-refractivity contribution in [2.45, 2.75) is 39.5 Å². The van der Waals surface area contributed by atoms with Crippen molar-refractivity contribution in [3.8, 4) is 17.2 Å². The number of methoxy groups -OCH3 is 1. The molecule has 1 fully saturated rings. The van der Waals surface area contributed by atoms with E-state index in [1.54, 1.807) is 13.3 Å². The lowest BCUT2D eigenvalue weighted by atomic mass is 10.1. The zero-order chi connectivity index (χ0) is 23.9. The van der Waals surface area contributed by atoms with E-state index >= 15 is 0 Å². The molecule has 0 aliphatic carbocycles. The second-order valence-corrected chi connectivity index (χ2v) is 9.27. The number of fused-ring (bicyclic) bond motifs is 1. The Bertz CT molecular complexity index is 967. The molecular weight excluding hydrogens is 434 g/mol. The van der Waals surface area contributed by atoms with Crippen LogP contribution in [-0.4, -0.2) is 73.4 Å². The Morgan fingerprint density at radius 2 is 1.97 bits per heavy atom. The number of carbonyl (C=O) groups is 1. The van der Waals surface area contributed by atoms with Gasteiger partial charge in [0.15, 0.2) is 11.5 Å². The van der Waals surface area contributed by atoms with Gasteiger partial charge < -0.3 is 23.8 Å². The van der Waals surface area contributed by atoms with Crippen molar-refractivity contribution >= 4 is 5.91 Å². The fourth-order valence-electron chi connectivity index (χ4n) is 4.32. The fourth-order valence-corrected chi connectivity index (χ4v) is 4.32. The van der Waals surface area contributed by atoms with Crippen LogP contribution in [0.15, 0.2) is 36.7 Å². The molecule has 0 unspecified atom stereocenters. The van der Waals surface area contributed by atoms with Gasteiger partial charge in [-0.2, -0.15) is 0 Å². The van der Waals surface area contributed by atoms with Gasteiger partial charge in [0, 0.05) is 45.3 Å². The second kappa shape index (κ2) is 11.5. The van der Waals surface area contributed by atoms with Crippen LogP contribution in [-0.2, 0) is 22.6 Å². The molecule has 184 valence electrons. The predicted octanol–water partition coefficient (Wildman–Crippen LogP) is 3.14. The number of amides is 1. The van der Waals surface area contributed by atoms with E-state index in [0.717, 1.165) is 41.3 Å². The first-order valence-electron chi connectivity index (χ1n) is 12.0. The van der Waals surface area contributed by atoms with Gasteiger partial charge in [-0.25, -0.2) is 0 Å². The van der Waals surface area contributed by atoms with Gasteiger partial charge in [-0.3, -0.25) is 14.7 Å². The van der Waals surface area contributed by atoms with Gasteiger partial charge in [0.2, 0.25) is 0 Å². The number of morpholine rings is 1. The summed E-state index contributed by atoms with van der Waals surface area (Å²) in [7, 11) is 1.64. The number of pyridine rings is 1. The van der Waals surface area contributed by atoms with E-state index in [2.05, 4.69) is 23.7 Å².